The summed E-state index contributed by atoms with van der Waals surface area (Å²) in [6.45, 7) is 21.0. The van der Waals surface area contributed by atoms with E-state index in [-0.39, 0.29) is 0 Å². The second-order valence-electron chi connectivity index (χ2n) is 8.55. The zero-order valence-electron chi connectivity index (χ0n) is 16.9. The summed E-state index contributed by atoms with van der Waals surface area (Å²) >= 11 is 0. The van der Waals surface area contributed by atoms with E-state index in [0.717, 1.165) is 19.0 Å². The van der Waals surface area contributed by atoms with Crippen molar-refractivity contribution in [1.29, 1.82) is 0 Å². The Morgan fingerprint density at radius 2 is 1.50 bits per heavy atom. The molecule has 0 fully saturated rings. The number of rotatable bonds is 12. The molecule has 0 spiro atoms. The van der Waals surface area contributed by atoms with E-state index in [4.69, 9.17) is 0 Å². The number of hydrogen-bond acceptors (Lipinski definition) is 3. The molecule has 3 nitrogen and oxygen atoms in total. The van der Waals surface area contributed by atoms with Crippen LogP contribution in [0, 0.1) is 11.3 Å². The Balaban J connectivity index is 4.62. The minimum Gasteiger partial charge on any atom is -0.315 e. The predicted molar refractivity (Wildman–Crippen MR) is 101 cm³/mol. The van der Waals surface area contributed by atoms with E-state index in [0.29, 0.717) is 17.5 Å². The van der Waals surface area contributed by atoms with Crippen molar-refractivity contribution >= 4 is 0 Å². The lowest BCUT2D eigenvalue weighted by Gasteiger charge is -2.41. The van der Waals surface area contributed by atoms with E-state index in [2.05, 4.69) is 77.7 Å². The molecule has 0 aromatic rings. The van der Waals surface area contributed by atoms with Crippen LogP contribution in [-0.2, 0) is 0 Å². The molecule has 3 heteroatoms. The Hall–Kier alpha value is -0.120. The molecule has 0 radical (unpaired) electrons. The van der Waals surface area contributed by atoms with Gasteiger partial charge in [-0.3, -0.25) is 4.90 Å². The Morgan fingerprint density at radius 1 is 0.909 bits per heavy atom. The molecule has 0 saturated heterocycles. The molecule has 0 bridgehead atoms. The van der Waals surface area contributed by atoms with Crippen molar-refractivity contribution in [2.75, 3.05) is 40.3 Å². The van der Waals surface area contributed by atoms with Crippen LogP contribution in [0.1, 0.15) is 61.3 Å². The van der Waals surface area contributed by atoms with Crippen LogP contribution in [0.2, 0.25) is 0 Å². The van der Waals surface area contributed by atoms with Crippen molar-refractivity contribution in [1.82, 2.24) is 15.1 Å². The highest BCUT2D eigenvalue weighted by Crippen LogP contribution is 2.29. The highest BCUT2D eigenvalue weighted by Gasteiger charge is 2.30. The summed E-state index contributed by atoms with van der Waals surface area (Å²) in [7, 11) is 4.34. The fourth-order valence-corrected chi connectivity index (χ4v) is 2.64. The number of nitrogens with zero attached hydrogens (tertiary/aromatic N) is 2. The molecular weight excluding hydrogens is 270 g/mol. The van der Waals surface area contributed by atoms with Crippen LogP contribution in [0.5, 0.6) is 0 Å². The molecule has 0 aliphatic heterocycles. The monoisotopic (exact) mass is 313 g/mol. The number of nitrogens with one attached hydrogen (secondary N) is 1. The Bertz CT molecular complexity index is 260. The van der Waals surface area contributed by atoms with Gasteiger partial charge in [-0.05, 0) is 58.3 Å². The average molecular weight is 314 g/mol. The molecule has 1 N–H and O–H groups in total. The lowest BCUT2D eigenvalue weighted by atomic mass is 9.81. The van der Waals surface area contributed by atoms with Crippen LogP contribution in [-0.4, -0.2) is 62.2 Å². The van der Waals surface area contributed by atoms with Gasteiger partial charge >= 0.3 is 0 Å². The summed E-state index contributed by atoms with van der Waals surface area (Å²) in [4.78, 5) is 5.00. The lowest BCUT2D eigenvalue weighted by molar-refractivity contribution is 0.0818. The van der Waals surface area contributed by atoms with Gasteiger partial charge in [0, 0.05) is 25.2 Å². The van der Waals surface area contributed by atoms with Gasteiger partial charge in [0.1, 0.15) is 0 Å². The molecule has 134 valence electrons. The Morgan fingerprint density at radius 3 is 1.95 bits per heavy atom. The van der Waals surface area contributed by atoms with Crippen LogP contribution < -0.4 is 5.32 Å². The molecule has 22 heavy (non-hydrogen) atoms. The first kappa shape index (κ1) is 21.9. The fraction of sp³-hybridized carbons (Fsp3) is 1.00. The van der Waals surface area contributed by atoms with Crippen LogP contribution in [0.3, 0.4) is 0 Å². The maximum absolute atomic E-state index is 3.57. The van der Waals surface area contributed by atoms with E-state index in [1.165, 1.54) is 25.9 Å². The smallest absolute Gasteiger partial charge is 0.0119 e. The second-order valence-corrected chi connectivity index (χ2v) is 8.55. The van der Waals surface area contributed by atoms with Crippen molar-refractivity contribution in [3.05, 3.63) is 0 Å². The van der Waals surface area contributed by atoms with Crippen molar-refractivity contribution in [2.24, 2.45) is 11.3 Å². The molecule has 0 aliphatic rings. The van der Waals surface area contributed by atoms with Gasteiger partial charge in [0.2, 0.25) is 0 Å². The molecule has 0 rings (SSSR count). The van der Waals surface area contributed by atoms with E-state index < -0.39 is 0 Å². The van der Waals surface area contributed by atoms with Crippen molar-refractivity contribution < 1.29 is 0 Å². The summed E-state index contributed by atoms with van der Waals surface area (Å²) in [5.41, 5.74) is 0.338. The van der Waals surface area contributed by atoms with Gasteiger partial charge in [-0.1, -0.05) is 41.5 Å². The molecule has 0 aromatic carbocycles. The van der Waals surface area contributed by atoms with Gasteiger partial charge in [-0.2, -0.15) is 0 Å². The average Bonchev–Trinajstić information content (AvgIpc) is 2.36. The van der Waals surface area contributed by atoms with E-state index in [1.807, 2.05) is 0 Å². The molecule has 0 amide bonds. The first-order valence-electron chi connectivity index (χ1n) is 9.18. The molecule has 1 unspecified atom stereocenters. The number of hydrogen-bond donors (Lipinski definition) is 1. The molecule has 0 aromatic heterocycles. The summed E-state index contributed by atoms with van der Waals surface area (Å²) in [5, 5.41) is 3.57. The highest BCUT2D eigenvalue weighted by molar-refractivity contribution is 4.84. The molecule has 1 atom stereocenters. The van der Waals surface area contributed by atoms with Gasteiger partial charge in [0.05, 0.1) is 0 Å². The summed E-state index contributed by atoms with van der Waals surface area (Å²) in [6, 6.07) is 1.19. The maximum Gasteiger partial charge on any atom is 0.0119 e. The van der Waals surface area contributed by atoms with E-state index >= 15 is 0 Å². The molecular formula is C19H43N3. The first-order chi connectivity index (χ1) is 10.1. The van der Waals surface area contributed by atoms with E-state index in [1.54, 1.807) is 0 Å². The third-order valence-corrected chi connectivity index (χ3v) is 4.83. The van der Waals surface area contributed by atoms with Gasteiger partial charge in [0.25, 0.3) is 0 Å². The van der Waals surface area contributed by atoms with E-state index in [9.17, 15) is 0 Å². The van der Waals surface area contributed by atoms with Gasteiger partial charge in [-0.25, -0.2) is 0 Å². The topological polar surface area (TPSA) is 18.5 Å². The lowest BCUT2D eigenvalue weighted by Crippen LogP contribution is -2.47. The van der Waals surface area contributed by atoms with Crippen molar-refractivity contribution in [3.8, 4) is 0 Å². The highest BCUT2D eigenvalue weighted by atomic mass is 15.2. The minimum atomic E-state index is 0.338. The largest absolute Gasteiger partial charge is 0.315 e. The predicted octanol–water partition coefficient (Wildman–Crippen LogP) is 3.70. The molecule has 0 saturated carbocycles. The van der Waals surface area contributed by atoms with Crippen LogP contribution in [0.25, 0.3) is 0 Å². The summed E-state index contributed by atoms with van der Waals surface area (Å²) in [5.74, 6) is 0.778. The molecule has 0 aliphatic carbocycles. The zero-order valence-corrected chi connectivity index (χ0v) is 16.9. The second kappa shape index (κ2) is 10.6. The quantitative estimate of drug-likeness (QED) is 0.593. The van der Waals surface area contributed by atoms with Crippen molar-refractivity contribution in [2.45, 2.75) is 73.4 Å². The number of likely N-dealkylation sites (N-methyl/N-ethyl adjacent to an activating group) is 1. The minimum absolute atomic E-state index is 0.338. The van der Waals surface area contributed by atoms with Crippen LogP contribution in [0.4, 0.5) is 0 Å². The van der Waals surface area contributed by atoms with Crippen LogP contribution in [0.15, 0.2) is 0 Å². The Kier molecular flexibility index (Phi) is 10.6. The Labute approximate surface area is 140 Å². The zero-order chi connectivity index (χ0) is 17.3. The fourth-order valence-electron chi connectivity index (χ4n) is 2.64. The summed E-state index contributed by atoms with van der Waals surface area (Å²) in [6.07, 6.45) is 2.52. The van der Waals surface area contributed by atoms with Crippen molar-refractivity contribution in [3.63, 3.8) is 0 Å². The SMILES string of the molecule is CC(C)CCN(CCN(C)C)C(C)C(C)(C)CCNC(C)C. The van der Waals surface area contributed by atoms with Gasteiger partial charge in [0.15, 0.2) is 0 Å². The molecule has 0 heterocycles. The van der Waals surface area contributed by atoms with Crippen LogP contribution >= 0.6 is 0 Å². The summed E-state index contributed by atoms with van der Waals surface area (Å²) < 4.78 is 0. The van der Waals surface area contributed by atoms with Gasteiger partial charge < -0.3 is 10.2 Å². The third-order valence-electron chi connectivity index (χ3n) is 4.83. The maximum atomic E-state index is 3.57. The van der Waals surface area contributed by atoms with Gasteiger partial charge in [-0.15, -0.1) is 0 Å². The third kappa shape index (κ3) is 9.81. The normalized spacial score (nSPS) is 14.6. The standard InChI is InChI=1S/C19H43N3/c1-16(2)10-13-22(15-14-21(8)9)18(5)19(6,7)11-12-20-17(3)4/h16-18,20H,10-15H2,1-9H3. The first-order valence-corrected chi connectivity index (χ1v) is 9.18.